The van der Waals surface area contributed by atoms with E-state index in [0.717, 1.165) is 12.0 Å². The van der Waals surface area contributed by atoms with Crippen LogP contribution in [-0.4, -0.2) is 54.0 Å². The first-order valence-corrected chi connectivity index (χ1v) is 17.8. The number of epoxide rings is 1. The van der Waals surface area contributed by atoms with Crippen LogP contribution in [0.1, 0.15) is 25.8 Å². The third-order valence-electron chi connectivity index (χ3n) is 9.22. The second kappa shape index (κ2) is 7.01. The van der Waals surface area contributed by atoms with Gasteiger partial charge in [-0.3, -0.25) is 0 Å². The summed E-state index contributed by atoms with van der Waals surface area (Å²) in [5.41, 5.74) is -1.14. The molecule has 10 heteroatoms. The molecule has 7 nitrogen and oxygen atoms in total. The van der Waals surface area contributed by atoms with E-state index in [2.05, 4.69) is 42.5 Å². The molecule has 2 saturated heterocycles. The highest BCUT2D eigenvalue weighted by Crippen LogP contribution is 2.86. The first-order valence-electron chi connectivity index (χ1n) is 12.2. The molecule has 35 heavy (non-hydrogen) atoms. The topological polar surface area (TPSA) is 83.6 Å². The van der Waals surface area contributed by atoms with Crippen molar-refractivity contribution in [1.82, 2.24) is 0 Å². The smallest absolute Gasteiger partial charge is 0.338 e. The lowest BCUT2D eigenvalue weighted by Gasteiger charge is -2.66. The van der Waals surface area contributed by atoms with Gasteiger partial charge < -0.3 is 22.8 Å². The summed E-state index contributed by atoms with van der Waals surface area (Å²) >= 11 is 3.90. The van der Waals surface area contributed by atoms with Crippen LogP contribution in [0, 0.1) is 29.6 Å². The van der Waals surface area contributed by atoms with Gasteiger partial charge in [0.05, 0.1) is 23.5 Å². The molecule has 1 aromatic rings. The minimum atomic E-state index is -4.10. The largest absolute Gasteiger partial charge is 0.408 e. The van der Waals surface area contributed by atoms with Crippen LogP contribution in [0.25, 0.3) is 0 Å². The minimum Gasteiger partial charge on any atom is -0.408 e. The van der Waals surface area contributed by atoms with Gasteiger partial charge in [-0.05, 0) is 58.0 Å². The van der Waals surface area contributed by atoms with Crippen molar-refractivity contribution >= 4 is 34.4 Å². The second-order valence-corrected chi connectivity index (χ2v) is 18.7. The Labute approximate surface area is 216 Å². The van der Waals surface area contributed by atoms with E-state index in [0.29, 0.717) is 16.8 Å². The maximum absolute atomic E-state index is 13.6. The Kier molecular flexibility index (Phi) is 4.92. The highest BCUT2D eigenvalue weighted by atomic mass is 79.9. The van der Waals surface area contributed by atoms with Crippen LogP contribution in [0.2, 0.25) is 19.6 Å². The summed E-state index contributed by atoms with van der Waals surface area (Å²) in [6.45, 7) is 12.9. The lowest BCUT2D eigenvalue weighted by molar-refractivity contribution is -0.333. The molecule has 8 unspecified atom stereocenters. The summed E-state index contributed by atoms with van der Waals surface area (Å²) in [6, 6.07) is 6.69. The summed E-state index contributed by atoms with van der Waals surface area (Å²) in [6.07, 6.45) is 0.473. The van der Waals surface area contributed by atoms with Gasteiger partial charge in [0.15, 0.2) is 8.32 Å². The number of methoxy groups -OCH3 is 1. The van der Waals surface area contributed by atoms with Gasteiger partial charge in [-0.1, -0.05) is 40.5 Å². The fourth-order valence-corrected chi connectivity index (χ4v) is 11.4. The first kappa shape index (κ1) is 24.6. The second-order valence-electron chi connectivity index (χ2n) is 11.9. The molecule has 2 heterocycles. The third-order valence-corrected chi connectivity index (χ3v) is 12.4. The predicted molar refractivity (Wildman–Crippen MR) is 135 cm³/mol. The average molecular weight is 586 g/mol. The average Bonchev–Trinajstić information content (AvgIpc) is 3.29. The Bertz CT molecular complexity index is 1240. The number of aryl methyl sites for hydroxylation is 1. The number of rotatable bonds is 6. The lowest BCUT2D eigenvalue weighted by atomic mass is 9.44. The third kappa shape index (κ3) is 2.62. The highest BCUT2D eigenvalue weighted by molar-refractivity contribution is 9.11. The molecule has 0 aromatic heterocycles. The van der Waals surface area contributed by atoms with Gasteiger partial charge in [-0.15, -0.1) is 0 Å². The zero-order chi connectivity index (χ0) is 25.4. The number of ether oxygens (including phenoxy) is 3. The Morgan fingerprint density at radius 2 is 1.83 bits per heavy atom. The van der Waals surface area contributed by atoms with Crippen molar-refractivity contribution in [2.75, 3.05) is 13.7 Å². The summed E-state index contributed by atoms with van der Waals surface area (Å²) in [4.78, 5) is 0.114. The van der Waals surface area contributed by atoms with Crippen LogP contribution >= 0.6 is 15.9 Å². The summed E-state index contributed by atoms with van der Waals surface area (Å²) in [7, 11) is -4.58. The van der Waals surface area contributed by atoms with E-state index in [-0.39, 0.29) is 22.8 Å². The van der Waals surface area contributed by atoms with Gasteiger partial charge in [0.1, 0.15) is 22.4 Å². The molecule has 2 spiro atoms. The maximum atomic E-state index is 13.6. The molecule has 2 aliphatic heterocycles. The lowest BCUT2D eigenvalue weighted by Crippen LogP contribution is -2.77. The van der Waals surface area contributed by atoms with Crippen LogP contribution < -0.4 is 0 Å². The monoisotopic (exact) mass is 584 g/mol. The van der Waals surface area contributed by atoms with Gasteiger partial charge in [-0.2, -0.15) is 8.42 Å². The highest BCUT2D eigenvalue weighted by Gasteiger charge is 2.96. The van der Waals surface area contributed by atoms with E-state index in [1.54, 1.807) is 31.4 Å². The molecular weight excluding hydrogens is 552 g/mol. The molecule has 8 atom stereocenters. The molecule has 4 bridgehead atoms. The van der Waals surface area contributed by atoms with Crippen molar-refractivity contribution in [3.8, 4) is 0 Å². The number of hydrogen-bond acceptors (Lipinski definition) is 7. The van der Waals surface area contributed by atoms with Crippen LogP contribution in [0.15, 0.2) is 39.4 Å². The number of hydrogen-bond donors (Lipinski definition) is 0. The van der Waals surface area contributed by atoms with Gasteiger partial charge in [0.2, 0.25) is 5.79 Å². The van der Waals surface area contributed by atoms with Crippen LogP contribution in [0.4, 0.5) is 0 Å². The normalized spacial score (nSPS) is 45.5. The van der Waals surface area contributed by atoms with Crippen molar-refractivity contribution in [1.29, 1.82) is 0 Å². The van der Waals surface area contributed by atoms with Crippen LogP contribution in [-0.2, 0) is 32.9 Å². The Balaban J connectivity index is 1.60. The number of halogens is 1. The zero-order valence-corrected chi connectivity index (χ0v) is 24.6. The number of benzene rings is 1. The maximum Gasteiger partial charge on any atom is 0.338 e. The Morgan fingerprint density at radius 1 is 1.17 bits per heavy atom. The molecule has 4 fully saturated rings. The predicted octanol–water partition coefficient (Wildman–Crippen LogP) is 4.71. The van der Waals surface area contributed by atoms with Crippen molar-refractivity contribution in [2.45, 2.75) is 75.3 Å². The minimum absolute atomic E-state index is 0.0777. The molecule has 1 aromatic carbocycles. The van der Waals surface area contributed by atoms with Crippen LogP contribution in [0.5, 0.6) is 0 Å². The molecule has 6 aliphatic rings. The van der Waals surface area contributed by atoms with Gasteiger partial charge >= 0.3 is 10.1 Å². The molecule has 7 rings (SSSR count). The van der Waals surface area contributed by atoms with E-state index in [4.69, 9.17) is 22.8 Å². The molecule has 2 saturated carbocycles. The molecular formula is C25H33BrO7SSi. The van der Waals surface area contributed by atoms with Gasteiger partial charge in [-0.25, -0.2) is 0 Å². The van der Waals surface area contributed by atoms with Gasteiger partial charge in [0.25, 0.3) is 0 Å². The molecule has 0 radical (unpaired) electrons. The van der Waals surface area contributed by atoms with E-state index in [9.17, 15) is 8.42 Å². The molecule has 0 N–H and O–H groups in total. The molecule has 0 amide bonds. The van der Waals surface area contributed by atoms with Crippen molar-refractivity contribution in [2.24, 2.45) is 22.7 Å². The van der Waals surface area contributed by atoms with Crippen molar-refractivity contribution in [3.63, 3.8) is 0 Å². The van der Waals surface area contributed by atoms with Crippen LogP contribution in [0.3, 0.4) is 0 Å². The quantitative estimate of drug-likeness (QED) is 0.272. The summed E-state index contributed by atoms with van der Waals surface area (Å²) < 4.78 is 60.3. The summed E-state index contributed by atoms with van der Waals surface area (Å²) in [5, 5.41) is 0. The standard InChI is InChI=1S/C25H33BrO7SSi/c1-14-8-10-16(11-9-14)34(27,28)32-20-19(26)23-15(2)12-18-24(23,31-18)17-13-30-25(29-4,22(17,20)3)21(23)33-35(5,6)7/h8-11,15,17-18,21H,12-13H2,1-7H3. The zero-order valence-electron chi connectivity index (χ0n) is 21.2. The summed E-state index contributed by atoms with van der Waals surface area (Å²) in [5.74, 6) is -0.836. The van der Waals surface area contributed by atoms with E-state index in [1.807, 2.05) is 13.8 Å². The molecule has 4 aliphatic carbocycles. The fraction of sp³-hybridized carbons (Fsp3) is 0.680. The van der Waals surface area contributed by atoms with Crippen molar-refractivity contribution < 1.29 is 31.2 Å². The van der Waals surface area contributed by atoms with E-state index in [1.165, 1.54) is 0 Å². The fourth-order valence-electron chi connectivity index (χ4n) is 7.83. The van der Waals surface area contributed by atoms with Gasteiger partial charge in [0, 0.05) is 17.5 Å². The van der Waals surface area contributed by atoms with E-state index >= 15 is 0 Å². The first-order chi connectivity index (χ1) is 16.2. The molecule has 192 valence electrons. The Hall–Kier alpha value is -0.753. The van der Waals surface area contributed by atoms with E-state index < -0.39 is 46.8 Å². The Morgan fingerprint density at radius 3 is 2.43 bits per heavy atom. The SMILES string of the molecule is COC12OCC3C1(C)C(OS(=O)(=O)c1ccc(C)cc1)=C(Br)C1(C(C)CC4OC431)C2O[Si](C)(C)C. The van der Waals surface area contributed by atoms with Crippen molar-refractivity contribution in [3.05, 3.63) is 40.1 Å².